The number of hydrogen-bond acceptors (Lipinski definition) is 6. The number of anilines is 1. The summed E-state index contributed by atoms with van der Waals surface area (Å²) < 4.78 is 1.90. The fourth-order valence-electron chi connectivity index (χ4n) is 4.34. The fraction of sp³-hybridized carbons (Fsp3) is 0.333. The van der Waals surface area contributed by atoms with E-state index in [4.69, 9.17) is 4.98 Å². The van der Waals surface area contributed by atoms with E-state index in [0.717, 1.165) is 54.4 Å². The first kappa shape index (κ1) is 19.6. The van der Waals surface area contributed by atoms with Gasteiger partial charge in [0.25, 0.3) is 0 Å². The zero-order chi connectivity index (χ0) is 21.4. The van der Waals surface area contributed by atoms with E-state index in [1.54, 1.807) is 6.20 Å². The molecule has 0 N–H and O–H groups in total. The van der Waals surface area contributed by atoms with Crippen molar-refractivity contribution in [3.63, 3.8) is 0 Å². The second kappa shape index (κ2) is 7.74. The summed E-state index contributed by atoms with van der Waals surface area (Å²) in [4.78, 5) is 18.5. The van der Waals surface area contributed by atoms with Gasteiger partial charge in [-0.1, -0.05) is 12.1 Å². The lowest BCUT2D eigenvalue weighted by molar-refractivity contribution is 0.111. The summed E-state index contributed by atoms with van der Waals surface area (Å²) >= 11 is 0. The van der Waals surface area contributed by atoms with Gasteiger partial charge < -0.3 is 4.90 Å². The molecular weight excluding hydrogens is 386 g/mol. The normalized spacial score (nSPS) is 15.5. The zero-order valence-corrected chi connectivity index (χ0v) is 18.2. The predicted octanol–water partition coefficient (Wildman–Crippen LogP) is 3.58. The Morgan fingerprint density at radius 3 is 2.48 bits per heavy atom. The molecule has 0 aliphatic carbocycles. The van der Waals surface area contributed by atoms with Crippen molar-refractivity contribution < 1.29 is 0 Å². The third-order valence-electron chi connectivity index (χ3n) is 6.26. The van der Waals surface area contributed by atoms with Crippen LogP contribution in [0.3, 0.4) is 0 Å². The number of para-hydroxylation sites is 1. The first-order valence-corrected chi connectivity index (χ1v) is 10.7. The highest BCUT2D eigenvalue weighted by molar-refractivity contribution is 5.89. The number of fused-ring (bicyclic) bond motifs is 1. The highest BCUT2D eigenvalue weighted by Crippen LogP contribution is 2.31. The molecule has 0 amide bonds. The Kier molecular flexibility index (Phi) is 4.90. The quantitative estimate of drug-likeness (QED) is 0.510. The minimum Gasteiger partial charge on any atom is -0.353 e. The lowest BCUT2D eigenvalue weighted by Crippen LogP contribution is -2.53. The Balaban J connectivity index is 1.34. The van der Waals surface area contributed by atoms with Crippen LogP contribution in [0, 0.1) is 6.92 Å². The summed E-state index contributed by atoms with van der Waals surface area (Å²) in [5.41, 5.74) is 3.07. The number of rotatable bonds is 4. The first-order valence-electron chi connectivity index (χ1n) is 10.7. The first-order chi connectivity index (χ1) is 15.0. The van der Waals surface area contributed by atoms with Gasteiger partial charge in [-0.3, -0.25) is 9.88 Å². The van der Waals surface area contributed by atoms with E-state index in [-0.39, 0.29) is 5.54 Å². The maximum Gasteiger partial charge on any atom is 0.140 e. The van der Waals surface area contributed by atoms with Gasteiger partial charge in [-0.15, -0.1) is 0 Å². The molecular formula is C24H27N7. The summed E-state index contributed by atoms with van der Waals surface area (Å²) in [7, 11) is 0. The fourth-order valence-corrected chi connectivity index (χ4v) is 4.34. The van der Waals surface area contributed by atoms with E-state index in [0.29, 0.717) is 0 Å². The van der Waals surface area contributed by atoms with Crippen LogP contribution in [0.25, 0.3) is 16.6 Å². The molecule has 5 rings (SSSR count). The number of pyridine rings is 1. The molecule has 1 aromatic carbocycles. The Morgan fingerprint density at radius 2 is 1.71 bits per heavy atom. The van der Waals surface area contributed by atoms with Crippen molar-refractivity contribution in [2.45, 2.75) is 26.3 Å². The molecule has 0 unspecified atom stereocenters. The van der Waals surface area contributed by atoms with Crippen molar-refractivity contribution in [2.75, 3.05) is 31.1 Å². The summed E-state index contributed by atoms with van der Waals surface area (Å²) in [6, 6.07) is 12.2. The largest absolute Gasteiger partial charge is 0.353 e. The van der Waals surface area contributed by atoms with Crippen molar-refractivity contribution in [1.29, 1.82) is 0 Å². The van der Waals surface area contributed by atoms with Gasteiger partial charge in [0.2, 0.25) is 0 Å². The lowest BCUT2D eigenvalue weighted by atomic mass is 9.94. The van der Waals surface area contributed by atoms with Crippen molar-refractivity contribution >= 4 is 16.7 Å². The molecule has 0 atom stereocenters. The molecule has 158 valence electrons. The van der Waals surface area contributed by atoms with Gasteiger partial charge in [0.15, 0.2) is 0 Å². The number of hydrogen-bond donors (Lipinski definition) is 0. The molecule has 4 aromatic rings. The Bertz CT molecular complexity index is 1190. The van der Waals surface area contributed by atoms with Crippen LogP contribution in [0.1, 0.15) is 25.2 Å². The third kappa shape index (κ3) is 3.65. The van der Waals surface area contributed by atoms with E-state index in [1.165, 1.54) is 5.56 Å². The third-order valence-corrected chi connectivity index (χ3v) is 6.26. The SMILES string of the molecule is Cc1nc(N2CCN(C(C)(C)c3cnn(-c4cccnc4)c3)CC2)c2ccccc2n1. The summed E-state index contributed by atoms with van der Waals surface area (Å²) in [5, 5.41) is 5.70. The van der Waals surface area contributed by atoms with Crippen LogP contribution in [0.4, 0.5) is 5.82 Å². The predicted molar refractivity (Wildman–Crippen MR) is 122 cm³/mol. The Labute approximate surface area is 182 Å². The van der Waals surface area contributed by atoms with E-state index in [2.05, 4.69) is 63.1 Å². The van der Waals surface area contributed by atoms with Gasteiger partial charge in [-0.05, 0) is 45.0 Å². The molecule has 3 aromatic heterocycles. The smallest absolute Gasteiger partial charge is 0.140 e. The highest BCUT2D eigenvalue weighted by atomic mass is 15.3. The molecule has 1 aliphatic heterocycles. The van der Waals surface area contributed by atoms with Crippen LogP contribution >= 0.6 is 0 Å². The number of aryl methyl sites for hydroxylation is 1. The molecule has 1 aliphatic rings. The van der Waals surface area contributed by atoms with Crippen LogP contribution in [0.15, 0.2) is 61.2 Å². The number of benzene rings is 1. The molecule has 1 fully saturated rings. The van der Waals surface area contributed by atoms with Gasteiger partial charge in [-0.25, -0.2) is 14.6 Å². The van der Waals surface area contributed by atoms with Crippen LogP contribution in [0.2, 0.25) is 0 Å². The Morgan fingerprint density at radius 1 is 0.903 bits per heavy atom. The molecule has 0 radical (unpaired) electrons. The van der Waals surface area contributed by atoms with Crippen molar-refractivity contribution in [2.24, 2.45) is 0 Å². The van der Waals surface area contributed by atoms with Gasteiger partial charge in [0, 0.05) is 55.1 Å². The van der Waals surface area contributed by atoms with Gasteiger partial charge >= 0.3 is 0 Å². The number of aromatic nitrogens is 5. The average Bonchev–Trinajstić information content (AvgIpc) is 3.30. The highest BCUT2D eigenvalue weighted by Gasteiger charge is 2.33. The molecule has 31 heavy (non-hydrogen) atoms. The Hall–Kier alpha value is -3.32. The van der Waals surface area contributed by atoms with Crippen molar-refractivity contribution in [3.8, 4) is 5.69 Å². The minimum absolute atomic E-state index is 0.115. The van der Waals surface area contributed by atoms with Crippen LogP contribution < -0.4 is 4.90 Å². The van der Waals surface area contributed by atoms with E-state index < -0.39 is 0 Å². The second-order valence-electron chi connectivity index (χ2n) is 8.53. The lowest BCUT2D eigenvalue weighted by Gasteiger charge is -2.44. The second-order valence-corrected chi connectivity index (χ2v) is 8.53. The van der Waals surface area contributed by atoms with Gasteiger partial charge in [0.05, 0.1) is 23.6 Å². The number of nitrogens with zero attached hydrogens (tertiary/aromatic N) is 7. The van der Waals surface area contributed by atoms with Crippen LogP contribution in [0.5, 0.6) is 0 Å². The zero-order valence-electron chi connectivity index (χ0n) is 18.2. The number of piperazine rings is 1. The van der Waals surface area contributed by atoms with Gasteiger partial charge in [0.1, 0.15) is 11.6 Å². The molecule has 7 nitrogen and oxygen atoms in total. The van der Waals surface area contributed by atoms with Crippen LogP contribution in [-0.2, 0) is 5.54 Å². The van der Waals surface area contributed by atoms with E-state index in [1.807, 2.05) is 42.2 Å². The summed E-state index contributed by atoms with van der Waals surface area (Å²) in [6.07, 6.45) is 7.70. The van der Waals surface area contributed by atoms with Crippen molar-refractivity contribution in [3.05, 3.63) is 72.6 Å². The maximum atomic E-state index is 4.78. The van der Waals surface area contributed by atoms with E-state index in [9.17, 15) is 0 Å². The minimum atomic E-state index is -0.115. The maximum absolute atomic E-state index is 4.78. The standard InChI is InChI=1S/C24H27N7/c1-18-27-22-9-5-4-8-21(22)23(28-18)29-11-13-30(14-12-29)24(2,3)19-15-26-31(17-19)20-7-6-10-25-16-20/h4-10,15-17H,11-14H2,1-3H3. The molecule has 4 heterocycles. The molecule has 0 spiro atoms. The molecule has 0 saturated carbocycles. The summed E-state index contributed by atoms with van der Waals surface area (Å²) in [5.74, 6) is 1.87. The van der Waals surface area contributed by atoms with E-state index >= 15 is 0 Å². The van der Waals surface area contributed by atoms with Gasteiger partial charge in [-0.2, -0.15) is 5.10 Å². The van der Waals surface area contributed by atoms with Crippen LogP contribution in [-0.4, -0.2) is 55.8 Å². The van der Waals surface area contributed by atoms with Crippen molar-refractivity contribution in [1.82, 2.24) is 29.6 Å². The molecule has 7 heteroatoms. The average molecular weight is 414 g/mol. The molecule has 1 saturated heterocycles. The molecule has 0 bridgehead atoms. The topological polar surface area (TPSA) is 63.0 Å². The summed E-state index contributed by atoms with van der Waals surface area (Å²) in [6.45, 7) is 10.3. The monoisotopic (exact) mass is 413 g/mol.